The summed E-state index contributed by atoms with van der Waals surface area (Å²) in [6, 6.07) is 22.3. The number of nitrogens with one attached hydrogen (secondary N) is 3. The molecule has 0 radical (unpaired) electrons. The first-order valence-electron chi connectivity index (χ1n) is 10.4. The Hall–Kier alpha value is -4.04. The molecule has 0 atom stereocenters. The highest BCUT2D eigenvalue weighted by Gasteiger charge is 2.16. The van der Waals surface area contributed by atoms with E-state index in [0.717, 1.165) is 11.1 Å². The molecule has 0 aliphatic heterocycles. The second kappa shape index (κ2) is 9.62. The quantitative estimate of drug-likeness (QED) is 0.351. The lowest BCUT2D eigenvalue weighted by Crippen LogP contribution is -2.21. The summed E-state index contributed by atoms with van der Waals surface area (Å²) in [7, 11) is 0. The van der Waals surface area contributed by atoms with Crippen LogP contribution in [0.3, 0.4) is 0 Å². The standard InChI is InChI=1S/C25H23N5O2S/c1-16-8-6-9-18(14-16)23-28-29-25(33)30(23)15-22(31)27-21-13-7-12-20(17(21)2)24(32)26-19-10-4-3-5-11-19/h3-14H,15H2,1-2H3,(H,26,32)(H,27,31)(H,29,33). The monoisotopic (exact) mass is 457 g/mol. The van der Waals surface area contributed by atoms with Crippen molar-refractivity contribution in [2.45, 2.75) is 20.4 Å². The Morgan fingerprint density at radius 3 is 2.48 bits per heavy atom. The third-order valence-corrected chi connectivity index (χ3v) is 5.53. The Morgan fingerprint density at radius 1 is 0.970 bits per heavy atom. The first-order valence-corrected chi connectivity index (χ1v) is 10.8. The van der Waals surface area contributed by atoms with Gasteiger partial charge in [0.05, 0.1) is 0 Å². The highest BCUT2D eigenvalue weighted by Crippen LogP contribution is 2.22. The van der Waals surface area contributed by atoms with Crippen LogP contribution in [0, 0.1) is 18.6 Å². The van der Waals surface area contributed by atoms with Gasteiger partial charge in [-0.15, -0.1) is 0 Å². The molecule has 4 rings (SSSR count). The minimum Gasteiger partial charge on any atom is -0.324 e. The number of aromatic nitrogens is 3. The van der Waals surface area contributed by atoms with Gasteiger partial charge < -0.3 is 10.6 Å². The summed E-state index contributed by atoms with van der Waals surface area (Å²) >= 11 is 5.34. The molecule has 0 unspecified atom stereocenters. The lowest BCUT2D eigenvalue weighted by Gasteiger charge is -2.13. The molecular weight excluding hydrogens is 434 g/mol. The van der Waals surface area contributed by atoms with Crippen LogP contribution in [0.15, 0.2) is 72.8 Å². The van der Waals surface area contributed by atoms with Crippen molar-refractivity contribution in [3.8, 4) is 11.4 Å². The predicted octanol–water partition coefficient (Wildman–Crippen LogP) is 5.12. The molecule has 1 heterocycles. The van der Waals surface area contributed by atoms with E-state index in [1.807, 2.05) is 61.5 Å². The fraction of sp³-hybridized carbons (Fsp3) is 0.120. The summed E-state index contributed by atoms with van der Waals surface area (Å²) in [4.78, 5) is 25.6. The molecule has 0 saturated heterocycles. The number of nitrogens with zero attached hydrogens (tertiary/aromatic N) is 2. The summed E-state index contributed by atoms with van der Waals surface area (Å²) in [5.74, 6) is 0.0743. The van der Waals surface area contributed by atoms with Crippen LogP contribution in [0.2, 0.25) is 0 Å². The molecule has 2 amide bonds. The first kappa shape index (κ1) is 22.2. The van der Waals surface area contributed by atoms with Crippen molar-refractivity contribution in [3.63, 3.8) is 0 Å². The second-order valence-electron chi connectivity index (χ2n) is 7.65. The molecular formula is C25H23N5O2S. The summed E-state index contributed by atoms with van der Waals surface area (Å²) in [6.07, 6.45) is 0. The van der Waals surface area contributed by atoms with Crippen molar-refractivity contribution in [2.24, 2.45) is 0 Å². The number of carbonyl (C=O) groups is 2. The molecule has 166 valence electrons. The zero-order chi connectivity index (χ0) is 23.4. The molecule has 33 heavy (non-hydrogen) atoms. The van der Waals surface area contributed by atoms with Gasteiger partial charge in [-0.1, -0.05) is 48.0 Å². The van der Waals surface area contributed by atoms with Crippen molar-refractivity contribution in [1.82, 2.24) is 14.8 Å². The number of aryl methyl sites for hydroxylation is 1. The molecule has 7 nitrogen and oxygen atoms in total. The van der Waals surface area contributed by atoms with E-state index in [2.05, 4.69) is 20.8 Å². The summed E-state index contributed by atoms with van der Waals surface area (Å²) in [6.45, 7) is 3.78. The number of para-hydroxylation sites is 1. The summed E-state index contributed by atoms with van der Waals surface area (Å²) in [5.41, 5.74) is 4.37. The largest absolute Gasteiger partial charge is 0.324 e. The minimum absolute atomic E-state index is 0.0154. The molecule has 4 aromatic rings. The SMILES string of the molecule is Cc1cccc(-c2n[nH]c(=S)n2CC(=O)Nc2cccc(C(=O)Nc3ccccc3)c2C)c1. The molecule has 3 N–H and O–H groups in total. The van der Waals surface area contributed by atoms with Gasteiger partial charge in [0.1, 0.15) is 6.54 Å². The maximum Gasteiger partial charge on any atom is 0.256 e. The Labute approximate surface area is 196 Å². The Balaban J connectivity index is 1.52. The number of carbonyl (C=O) groups excluding carboxylic acids is 2. The maximum atomic E-state index is 12.9. The van der Waals surface area contributed by atoms with Crippen LogP contribution in [0.25, 0.3) is 11.4 Å². The van der Waals surface area contributed by atoms with E-state index in [9.17, 15) is 9.59 Å². The molecule has 0 bridgehead atoms. The number of amides is 2. The topological polar surface area (TPSA) is 91.8 Å². The van der Waals surface area contributed by atoms with Gasteiger partial charge in [-0.3, -0.25) is 19.3 Å². The number of rotatable bonds is 6. The van der Waals surface area contributed by atoms with Gasteiger partial charge in [-0.05, 0) is 62.0 Å². The van der Waals surface area contributed by atoms with E-state index < -0.39 is 0 Å². The number of benzene rings is 3. The van der Waals surface area contributed by atoms with Gasteiger partial charge in [0.15, 0.2) is 10.6 Å². The third-order valence-electron chi connectivity index (χ3n) is 5.22. The van der Waals surface area contributed by atoms with Gasteiger partial charge >= 0.3 is 0 Å². The van der Waals surface area contributed by atoms with Crippen molar-refractivity contribution in [2.75, 3.05) is 10.6 Å². The van der Waals surface area contributed by atoms with Crippen LogP contribution in [0.1, 0.15) is 21.5 Å². The fourth-order valence-corrected chi connectivity index (χ4v) is 3.74. The zero-order valence-corrected chi connectivity index (χ0v) is 19.1. The Morgan fingerprint density at radius 2 is 1.73 bits per heavy atom. The number of anilines is 2. The number of hydrogen-bond donors (Lipinski definition) is 3. The average Bonchev–Trinajstić information content (AvgIpc) is 3.16. The molecule has 1 aromatic heterocycles. The fourth-order valence-electron chi connectivity index (χ4n) is 3.54. The predicted molar refractivity (Wildman–Crippen MR) is 132 cm³/mol. The lowest BCUT2D eigenvalue weighted by molar-refractivity contribution is -0.116. The number of aromatic amines is 1. The molecule has 0 aliphatic carbocycles. The van der Waals surface area contributed by atoms with E-state index in [1.165, 1.54) is 0 Å². The van der Waals surface area contributed by atoms with E-state index >= 15 is 0 Å². The van der Waals surface area contributed by atoms with Crippen LogP contribution in [0.4, 0.5) is 11.4 Å². The molecule has 0 fully saturated rings. The normalized spacial score (nSPS) is 10.6. The first-order chi connectivity index (χ1) is 15.9. The van der Waals surface area contributed by atoms with Crippen molar-refractivity contribution in [3.05, 3.63) is 94.3 Å². The molecule has 3 aromatic carbocycles. The number of hydrogen-bond acceptors (Lipinski definition) is 4. The molecule has 0 spiro atoms. The maximum absolute atomic E-state index is 12.9. The third kappa shape index (κ3) is 5.07. The van der Waals surface area contributed by atoms with Crippen molar-refractivity contribution < 1.29 is 9.59 Å². The molecule has 0 saturated carbocycles. The van der Waals surface area contributed by atoms with E-state index in [4.69, 9.17) is 12.2 Å². The molecule has 8 heteroatoms. The summed E-state index contributed by atoms with van der Waals surface area (Å²) < 4.78 is 2.01. The average molecular weight is 458 g/mol. The number of H-pyrrole nitrogens is 1. The van der Waals surface area contributed by atoms with Crippen LogP contribution < -0.4 is 10.6 Å². The Bertz CT molecular complexity index is 1380. The summed E-state index contributed by atoms with van der Waals surface area (Å²) in [5, 5.41) is 12.8. The van der Waals surface area contributed by atoms with E-state index in [-0.39, 0.29) is 18.4 Å². The molecule has 0 aliphatic rings. The van der Waals surface area contributed by atoms with Crippen molar-refractivity contribution >= 4 is 35.4 Å². The highest BCUT2D eigenvalue weighted by atomic mass is 32.1. The van der Waals surface area contributed by atoms with E-state index in [0.29, 0.717) is 33.1 Å². The second-order valence-corrected chi connectivity index (χ2v) is 8.04. The highest BCUT2D eigenvalue weighted by molar-refractivity contribution is 7.71. The van der Waals surface area contributed by atoms with Gasteiger partial charge in [-0.25, -0.2) is 0 Å². The smallest absolute Gasteiger partial charge is 0.256 e. The van der Waals surface area contributed by atoms with Gasteiger partial charge in [0.2, 0.25) is 5.91 Å². The minimum atomic E-state index is -0.273. The van der Waals surface area contributed by atoms with Crippen LogP contribution in [0.5, 0.6) is 0 Å². The lowest BCUT2D eigenvalue weighted by atomic mass is 10.1. The van der Waals surface area contributed by atoms with Gasteiger partial charge in [0.25, 0.3) is 5.91 Å². The van der Waals surface area contributed by atoms with Gasteiger partial charge in [0, 0.05) is 22.5 Å². The van der Waals surface area contributed by atoms with Crippen LogP contribution in [-0.2, 0) is 11.3 Å². The van der Waals surface area contributed by atoms with Gasteiger partial charge in [-0.2, -0.15) is 5.10 Å². The Kier molecular flexibility index (Phi) is 6.46. The van der Waals surface area contributed by atoms with Crippen LogP contribution >= 0.6 is 12.2 Å². The van der Waals surface area contributed by atoms with E-state index in [1.54, 1.807) is 29.7 Å². The zero-order valence-electron chi connectivity index (χ0n) is 18.3. The van der Waals surface area contributed by atoms with Crippen LogP contribution in [-0.4, -0.2) is 26.6 Å². The van der Waals surface area contributed by atoms with Crippen molar-refractivity contribution in [1.29, 1.82) is 0 Å².